The number of alkyl halides is 3. The normalized spacial score (nSPS) is 13.9. The number of benzene rings is 1. The van der Waals surface area contributed by atoms with E-state index < -0.39 is 23.3 Å². The van der Waals surface area contributed by atoms with Crippen LogP contribution in [-0.2, 0) is 16.6 Å². The van der Waals surface area contributed by atoms with Gasteiger partial charge in [-0.2, -0.15) is 4.98 Å². The van der Waals surface area contributed by atoms with Crippen LogP contribution in [0.15, 0.2) is 41.1 Å². The molecule has 1 amide bonds. The lowest BCUT2D eigenvalue weighted by Crippen LogP contribution is -2.18. The van der Waals surface area contributed by atoms with Crippen LogP contribution in [0.25, 0.3) is 11.1 Å². The molecule has 1 fully saturated rings. The summed E-state index contributed by atoms with van der Waals surface area (Å²) >= 11 is 0. The van der Waals surface area contributed by atoms with E-state index in [0.717, 1.165) is 12.8 Å². The van der Waals surface area contributed by atoms with Crippen LogP contribution < -0.4 is 10.1 Å². The molecule has 0 atom stereocenters. The fourth-order valence-corrected chi connectivity index (χ4v) is 3.41. The first-order chi connectivity index (χ1) is 16.9. The highest BCUT2D eigenvalue weighted by Crippen LogP contribution is 2.34. The number of nitrogens with zero attached hydrogens (tertiary/aromatic N) is 3. The summed E-state index contributed by atoms with van der Waals surface area (Å²) in [6, 6.07) is 7.54. The highest BCUT2D eigenvalue weighted by Gasteiger charge is 2.33. The van der Waals surface area contributed by atoms with Crippen LogP contribution in [0.5, 0.6) is 5.75 Å². The number of nitrogens with one attached hydrogen (secondary N) is 1. The number of pyridine rings is 1. The van der Waals surface area contributed by atoms with Crippen molar-refractivity contribution in [2.45, 2.75) is 58.2 Å². The quantitative estimate of drug-likeness (QED) is 0.406. The molecule has 0 saturated heterocycles. The highest BCUT2D eigenvalue weighted by atomic mass is 19.4. The third-order valence-corrected chi connectivity index (χ3v) is 5.54. The molecule has 0 radical (unpaired) electrons. The molecule has 4 rings (SSSR count). The van der Waals surface area contributed by atoms with Crippen molar-refractivity contribution < 1.29 is 32.0 Å². The van der Waals surface area contributed by atoms with Crippen LogP contribution in [0.3, 0.4) is 0 Å². The van der Waals surface area contributed by atoms with Crippen LogP contribution in [0.4, 0.5) is 19.0 Å². The second-order valence-corrected chi connectivity index (χ2v) is 9.66. The maximum atomic E-state index is 13.1. The van der Waals surface area contributed by atoms with Crippen molar-refractivity contribution in [2.75, 3.05) is 5.32 Å². The third kappa shape index (κ3) is 6.46. The monoisotopic (exact) mass is 502 g/mol. The van der Waals surface area contributed by atoms with Gasteiger partial charge >= 0.3 is 6.36 Å². The molecule has 0 aliphatic heterocycles. The molecule has 0 spiro atoms. The van der Waals surface area contributed by atoms with Gasteiger partial charge in [-0.1, -0.05) is 38.1 Å². The first-order valence-corrected chi connectivity index (χ1v) is 11.4. The van der Waals surface area contributed by atoms with Gasteiger partial charge in [-0.25, -0.2) is 4.98 Å². The van der Waals surface area contributed by atoms with Crippen LogP contribution >= 0.6 is 0 Å². The molecule has 190 valence electrons. The van der Waals surface area contributed by atoms with Gasteiger partial charge < -0.3 is 14.6 Å². The Morgan fingerprint density at radius 2 is 1.83 bits per heavy atom. The third-order valence-electron chi connectivity index (χ3n) is 5.54. The van der Waals surface area contributed by atoms with Crippen molar-refractivity contribution in [2.24, 2.45) is 5.92 Å². The molecule has 0 bridgehead atoms. The fraction of sp³-hybridized carbons (Fsp3) is 0.400. The number of anilines is 1. The predicted molar refractivity (Wildman–Crippen MR) is 123 cm³/mol. The number of aromatic nitrogens is 3. The van der Waals surface area contributed by atoms with E-state index >= 15 is 0 Å². The zero-order valence-electron chi connectivity index (χ0n) is 20.0. The number of ketones is 1. The van der Waals surface area contributed by atoms with Crippen LogP contribution in [0.1, 0.15) is 62.1 Å². The molecule has 8 nitrogen and oxygen atoms in total. The van der Waals surface area contributed by atoms with Crippen molar-refractivity contribution in [3.63, 3.8) is 0 Å². The van der Waals surface area contributed by atoms with Crippen molar-refractivity contribution in [1.82, 2.24) is 15.1 Å². The van der Waals surface area contributed by atoms with Crippen molar-refractivity contribution in [1.29, 1.82) is 0 Å². The van der Waals surface area contributed by atoms with E-state index in [1.54, 1.807) is 18.2 Å². The van der Waals surface area contributed by atoms with Gasteiger partial charge in [0.1, 0.15) is 11.6 Å². The van der Waals surface area contributed by atoms with Gasteiger partial charge in [-0.15, -0.1) is 13.2 Å². The van der Waals surface area contributed by atoms with Crippen molar-refractivity contribution in [3.05, 3.63) is 53.8 Å². The van der Waals surface area contributed by atoms with E-state index in [-0.39, 0.29) is 36.1 Å². The molecule has 0 unspecified atom stereocenters. The number of carbonyl (C=O) groups is 2. The highest BCUT2D eigenvalue weighted by molar-refractivity contribution is 5.93. The summed E-state index contributed by atoms with van der Waals surface area (Å²) in [5, 5.41) is 6.52. The topological polar surface area (TPSA) is 107 Å². The molecule has 1 aromatic carbocycles. The minimum Gasteiger partial charge on any atom is -0.405 e. The van der Waals surface area contributed by atoms with E-state index in [1.165, 1.54) is 18.3 Å². The Bertz CT molecular complexity index is 1280. The van der Waals surface area contributed by atoms with Crippen LogP contribution in [0.2, 0.25) is 0 Å². The fourth-order valence-electron chi connectivity index (χ4n) is 3.41. The summed E-state index contributed by atoms with van der Waals surface area (Å²) < 4.78 is 48.7. The Labute approximate surface area is 205 Å². The lowest BCUT2D eigenvalue weighted by Gasteiger charge is -2.15. The first-order valence-electron chi connectivity index (χ1n) is 11.4. The summed E-state index contributed by atoms with van der Waals surface area (Å²) in [6.45, 7) is 5.59. The Balaban J connectivity index is 1.53. The second-order valence-electron chi connectivity index (χ2n) is 9.66. The van der Waals surface area contributed by atoms with Crippen LogP contribution in [-0.4, -0.2) is 33.2 Å². The zero-order valence-corrected chi connectivity index (χ0v) is 20.0. The van der Waals surface area contributed by atoms with Gasteiger partial charge in [-0.05, 0) is 54.2 Å². The molecular weight excluding hydrogens is 477 g/mol. The van der Waals surface area contributed by atoms with Crippen molar-refractivity contribution >= 4 is 17.5 Å². The first kappa shape index (κ1) is 25.3. The Morgan fingerprint density at radius 3 is 2.47 bits per heavy atom. The van der Waals surface area contributed by atoms with Gasteiger partial charge in [0.15, 0.2) is 5.82 Å². The molecule has 1 aliphatic carbocycles. The lowest BCUT2D eigenvalue weighted by molar-refractivity contribution is -0.274. The van der Waals surface area contributed by atoms with Gasteiger partial charge in [0.25, 0.3) is 5.89 Å². The predicted octanol–water partition coefficient (Wildman–Crippen LogP) is 5.49. The second kappa shape index (κ2) is 9.71. The van der Waals surface area contributed by atoms with Crippen molar-refractivity contribution in [3.8, 4) is 16.9 Å². The number of aryl methyl sites for hydroxylation is 1. The summed E-state index contributed by atoms with van der Waals surface area (Å²) in [5.41, 5.74) is 0.752. The summed E-state index contributed by atoms with van der Waals surface area (Å²) in [4.78, 5) is 32.7. The molecule has 11 heteroatoms. The molecule has 36 heavy (non-hydrogen) atoms. The minimum absolute atomic E-state index is 0.0172. The molecule has 2 heterocycles. The summed E-state index contributed by atoms with van der Waals surface area (Å²) in [6.07, 6.45) is -1.98. The van der Waals surface area contributed by atoms with Gasteiger partial charge in [0, 0.05) is 24.0 Å². The number of rotatable bonds is 8. The standard InChI is InChI=1S/C25H25F3N4O4/c1-24(2,3)23-31-22(36-32-23)18(33)9-8-14-4-7-16(12-19(14)35-25(26,27)28)17-10-11-29-20(13-17)30-21(34)15-5-6-15/h4,7,10-13,15H,5-6,8-9H2,1-3H3,(H,29,30,34). The zero-order chi connectivity index (χ0) is 26.1. The number of hydrogen-bond acceptors (Lipinski definition) is 7. The minimum atomic E-state index is -4.92. The summed E-state index contributed by atoms with van der Waals surface area (Å²) in [7, 11) is 0. The van der Waals surface area contributed by atoms with E-state index in [4.69, 9.17) is 4.52 Å². The van der Waals surface area contributed by atoms with Gasteiger partial charge in [-0.3, -0.25) is 9.59 Å². The van der Waals surface area contributed by atoms with Gasteiger partial charge in [0.05, 0.1) is 0 Å². The Hall–Kier alpha value is -3.76. The number of amides is 1. The molecule has 1 aliphatic rings. The molecule has 3 aromatic rings. The van der Waals surface area contributed by atoms with E-state index in [2.05, 4.69) is 25.2 Å². The number of halogens is 3. The Kier molecular flexibility index (Phi) is 6.83. The summed E-state index contributed by atoms with van der Waals surface area (Å²) in [5.74, 6) is -0.562. The maximum Gasteiger partial charge on any atom is 0.573 e. The van der Waals surface area contributed by atoms with Crippen LogP contribution in [0, 0.1) is 5.92 Å². The number of ether oxygens (including phenoxy) is 1. The molecular formula is C25H25F3N4O4. The Morgan fingerprint density at radius 1 is 1.11 bits per heavy atom. The number of Topliss-reactive ketones (excluding diaryl/α,β-unsaturated/α-hetero) is 1. The molecule has 1 N–H and O–H groups in total. The van der Waals surface area contributed by atoms with E-state index in [9.17, 15) is 22.8 Å². The average molecular weight is 502 g/mol. The largest absolute Gasteiger partial charge is 0.573 e. The average Bonchev–Trinajstić information content (AvgIpc) is 3.52. The number of carbonyl (C=O) groups excluding carboxylic acids is 2. The van der Waals surface area contributed by atoms with E-state index in [1.807, 2.05) is 20.8 Å². The van der Waals surface area contributed by atoms with E-state index in [0.29, 0.717) is 22.8 Å². The lowest BCUT2D eigenvalue weighted by atomic mass is 9.96. The van der Waals surface area contributed by atoms with Gasteiger partial charge in [0.2, 0.25) is 11.7 Å². The molecule has 2 aromatic heterocycles. The number of hydrogen-bond donors (Lipinski definition) is 1. The maximum absolute atomic E-state index is 13.1. The SMILES string of the molecule is CC(C)(C)c1noc(C(=O)CCc2ccc(-c3ccnc(NC(=O)C4CC4)c3)cc2OC(F)(F)F)n1. The smallest absolute Gasteiger partial charge is 0.405 e. The molecule has 1 saturated carbocycles.